The first kappa shape index (κ1) is 14.0. The average molecular weight is 292 g/mol. The lowest BCUT2D eigenvalue weighted by atomic mass is 10.2. The maximum atomic E-state index is 9.80. The van der Waals surface area contributed by atoms with E-state index in [1.54, 1.807) is 18.2 Å². The van der Waals surface area contributed by atoms with Crippen LogP contribution >= 0.6 is 0 Å². The van der Waals surface area contributed by atoms with Gasteiger partial charge >= 0.3 is 0 Å². The van der Waals surface area contributed by atoms with Gasteiger partial charge in [-0.05, 0) is 29.8 Å². The van der Waals surface area contributed by atoms with E-state index in [0.717, 1.165) is 5.56 Å². The van der Waals surface area contributed by atoms with E-state index in [4.69, 9.17) is 9.47 Å². The predicted octanol–water partition coefficient (Wildman–Crippen LogP) is 4.76. The molecule has 0 saturated carbocycles. The number of hydrogen-bond donors (Lipinski definition) is 1. The van der Waals surface area contributed by atoms with Crippen molar-refractivity contribution < 1.29 is 14.6 Å². The molecule has 0 heterocycles. The van der Waals surface area contributed by atoms with Crippen LogP contribution in [0.5, 0.6) is 23.0 Å². The molecule has 3 rings (SSSR count). The third-order valence-electron chi connectivity index (χ3n) is 3.17. The zero-order chi connectivity index (χ0) is 15.2. The van der Waals surface area contributed by atoms with E-state index >= 15 is 0 Å². The van der Waals surface area contributed by atoms with Crippen LogP contribution in [0.4, 0.5) is 0 Å². The van der Waals surface area contributed by atoms with Gasteiger partial charge in [-0.1, -0.05) is 54.6 Å². The molecule has 0 aromatic heterocycles. The highest BCUT2D eigenvalue weighted by Gasteiger charge is 2.08. The van der Waals surface area contributed by atoms with E-state index in [9.17, 15) is 5.11 Å². The molecule has 110 valence electrons. The SMILES string of the molecule is Oc1ccccc1Oc1ccccc1OCc1ccccc1. The van der Waals surface area contributed by atoms with Gasteiger partial charge in [0, 0.05) is 0 Å². The predicted molar refractivity (Wildman–Crippen MR) is 85.4 cm³/mol. The number of rotatable bonds is 5. The Morgan fingerprint density at radius 2 is 1.23 bits per heavy atom. The molecule has 0 atom stereocenters. The topological polar surface area (TPSA) is 38.7 Å². The number of hydrogen-bond acceptors (Lipinski definition) is 3. The number of aromatic hydroxyl groups is 1. The Bertz CT molecular complexity index is 738. The molecule has 1 N–H and O–H groups in total. The minimum absolute atomic E-state index is 0.0976. The minimum Gasteiger partial charge on any atom is -0.504 e. The second-order valence-electron chi connectivity index (χ2n) is 4.79. The number of phenolic OH excluding ortho intramolecular Hbond substituents is 1. The van der Waals surface area contributed by atoms with Gasteiger partial charge in [0.05, 0.1) is 0 Å². The lowest BCUT2D eigenvalue weighted by Gasteiger charge is -2.13. The van der Waals surface area contributed by atoms with Gasteiger partial charge < -0.3 is 14.6 Å². The van der Waals surface area contributed by atoms with Gasteiger partial charge in [0.25, 0.3) is 0 Å². The van der Waals surface area contributed by atoms with Crippen molar-refractivity contribution in [3.05, 3.63) is 84.4 Å². The Kier molecular flexibility index (Phi) is 4.25. The first-order chi connectivity index (χ1) is 10.8. The van der Waals surface area contributed by atoms with Crippen LogP contribution < -0.4 is 9.47 Å². The van der Waals surface area contributed by atoms with Crippen molar-refractivity contribution in [3.8, 4) is 23.0 Å². The summed E-state index contributed by atoms with van der Waals surface area (Å²) in [5.74, 6) is 1.70. The highest BCUT2D eigenvalue weighted by Crippen LogP contribution is 2.35. The molecule has 3 nitrogen and oxygen atoms in total. The summed E-state index contributed by atoms with van der Waals surface area (Å²) in [6, 6.07) is 24.2. The van der Waals surface area contributed by atoms with E-state index in [-0.39, 0.29) is 5.75 Å². The molecule has 3 aromatic rings. The quantitative estimate of drug-likeness (QED) is 0.736. The summed E-state index contributed by atoms with van der Waals surface area (Å²) < 4.78 is 11.6. The van der Waals surface area contributed by atoms with Crippen molar-refractivity contribution in [2.24, 2.45) is 0 Å². The first-order valence-corrected chi connectivity index (χ1v) is 7.04. The van der Waals surface area contributed by atoms with Crippen molar-refractivity contribution >= 4 is 0 Å². The summed E-state index contributed by atoms with van der Waals surface area (Å²) in [6.45, 7) is 0.460. The highest BCUT2D eigenvalue weighted by molar-refractivity contribution is 5.46. The van der Waals surface area contributed by atoms with E-state index in [1.165, 1.54) is 0 Å². The van der Waals surface area contributed by atoms with Gasteiger partial charge in [-0.3, -0.25) is 0 Å². The van der Waals surface area contributed by atoms with E-state index in [1.807, 2.05) is 60.7 Å². The van der Waals surface area contributed by atoms with Crippen molar-refractivity contribution in [3.63, 3.8) is 0 Å². The molecule has 0 aliphatic rings. The molecular weight excluding hydrogens is 276 g/mol. The monoisotopic (exact) mass is 292 g/mol. The summed E-state index contributed by atoms with van der Waals surface area (Å²) in [5.41, 5.74) is 1.08. The molecule has 0 spiro atoms. The summed E-state index contributed by atoms with van der Waals surface area (Å²) in [4.78, 5) is 0. The van der Waals surface area contributed by atoms with Crippen LogP contribution in [-0.2, 0) is 6.61 Å². The Morgan fingerprint density at radius 1 is 0.636 bits per heavy atom. The lowest BCUT2D eigenvalue weighted by Crippen LogP contribution is -1.97. The zero-order valence-corrected chi connectivity index (χ0v) is 12.0. The number of ether oxygens (including phenoxy) is 2. The fourth-order valence-electron chi connectivity index (χ4n) is 2.05. The smallest absolute Gasteiger partial charge is 0.169 e. The third-order valence-corrected chi connectivity index (χ3v) is 3.17. The molecule has 3 heteroatoms. The molecular formula is C19H16O3. The van der Waals surface area contributed by atoms with Crippen LogP contribution in [0, 0.1) is 0 Å². The number of benzene rings is 3. The van der Waals surface area contributed by atoms with Crippen LogP contribution in [0.1, 0.15) is 5.56 Å². The molecule has 0 amide bonds. The van der Waals surface area contributed by atoms with Crippen molar-refractivity contribution in [2.75, 3.05) is 0 Å². The van der Waals surface area contributed by atoms with Crippen molar-refractivity contribution in [2.45, 2.75) is 6.61 Å². The molecule has 22 heavy (non-hydrogen) atoms. The van der Waals surface area contributed by atoms with Crippen LogP contribution in [0.3, 0.4) is 0 Å². The Morgan fingerprint density at radius 3 is 1.95 bits per heavy atom. The molecule has 0 unspecified atom stereocenters. The molecule has 0 aliphatic carbocycles. The van der Waals surface area contributed by atoms with E-state index in [0.29, 0.717) is 23.9 Å². The summed E-state index contributed by atoms with van der Waals surface area (Å²) in [5, 5.41) is 9.80. The maximum absolute atomic E-state index is 9.80. The standard InChI is InChI=1S/C19H16O3/c20-16-10-4-5-11-17(16)22-19-13-7-6-12-18(19)21-14-15-8-2-1-3-9-15/h1-13,20H,14H2. The third kappa shape index (κ3) is 3.38. The van der Waals surface area contributed by atoms with Gasteiger partial charge in [0.2, 0.25) is 0 Å². The van der Waals surface area contributed by atoms with Crippen molar-refractivity contribution in [1.29, 1.82) is 0 Å². The summed E-state index contributed by atoms with van der Waals surface area (Å²) >= 11 is 0. The number of phenols is 1. The van der Waals surface area contributed by atoms with E-state index < -0.39 is 0 Å². The van der Waals surface area contributed by atoms with Gasteiger partial charge in [-0.25, -0.2) is 0 Å². The molecule has 0 radical (unpaired) electrons. The van der Waals surface area contributed by atoms with Gasteiger partial charge in [-0.15, -0.1) is 0 Å². The van der Waals surface area contributed by atoms with Crippen LogP contribution in [0.2, 0.25) is 0 Å². The normalized spacial score (nSPS) is 10.2. The summed E-state index contributed by atoms with van der Waals surface area (Å²) in [7, 11) is 0. The van der Waals surface area contributed by atoms with Gasteiger partial charge in [-0.2, -0.15) is 0 Å². The Labute approximate surface area is 129 Å². The number of para-hydroxylation sites is 4. The van der Waals surface area contributed by atoms with Gasteiger partial charge in [0.15, 0.2) is 23.0 Å². The first-order valence-electron chi connectivity index (χ1n) is 7.04. The molecule has 0 fully saturated rings. The second-order valence-corrected chi connectivity index (χ2v) is 4.79. The Balaban J connectivity index is 1.77. The fraction of sp³-hybridized carbons (Fsp3) is 0.0526. The van der Waals surface area contributed by atoms with Crippen LogP contribution in [0.25, 0.3) is 0 Å². The molecule has 0 bridgehead atoms. The molecule has 0 aliphatic heterocycles. The van der Waals surface area contributed by atoms with Crippen LogP contribution in [-0.4, -0.2) is 5.11 Å². The van der Waals surface area contributed by atoms with E-state index in [2.05, 4.69) is 0 Å². The summed E-state index contributed by atoms with van der Waals surface area (Å²) in [6.07, 6.45) is 0. The van der Waals surface area contributed by atoms with Crippen molar-refractivity contribution in [1.82, 2.24) is 0 Å². The maximum Gasteiger partial charge on any atom is 0.169 e. The Hall–Kier alpha value is -2.94. The average Bonchev–Trinajstić information content (AvgIpc) is 2.57. The fourth-order valence-corrected chi connectivity index (χ4v) is 2.05. The second kappa shape index (κ2) is 6.68. The van der Waals surface area contributed by atoms with Gasteiger partial charge in [0.1, 0.15) is 6.61 Å². The molecule has 3 aromatic carbocycles. The largest absolute Gasteiger partial charge is 0.504 e. The zero-order valence-electron chi connectivity index (χ0n) is 12.0. The highest BCUT2D eigenvalue weighted by atomic mass is 16.5. The van der Waals surface area contributed by atoms with Crippen LogP contribution in [0.15, 0.2) is 78.9 Å². The minimum atomic E-state index is 0.0976. The lowest BCUT2D eigenvalue weighted by molar-refractivity contribution is 0.290. The molecule has 0 saturated heterocycles.